The monoisotopic (exact) mass is 404 g/mol. The standard InChI is InChI=1S/C13H20O2.C4H14OSi2.C2H6O2/c1-5-11(14)15-10-8-9-6-7-13(10,4)12(9,2)3;1-6-5-7(2,3)4;3-1-2-4/h5,9-10H,1,6-8H2,2-4H3;6H2,1-4H3;3-4H,1-2H2. The normalized spacial score (nSPS) is 28.8. The van der Waals surface area contributed by atoms with E-state index in [9.17, 15) is 4.79 Å². The molecule has 0 saturated heterocycles. The maximum absolute atomic E-state index is 11.3. The summed E-state index contributed by atoms with van der Waals surface area (Å²) in [7, 11) is -1.22. The van der Waals surface area contributed by atoms with Crippen molar-refractivity contribution >= 4 is 24.0 Å². The minimum absolute atomic E-state index is 0.0942. The van der Waals surface area contributed by atoms with Crippen LogP contribution in [0.5, 0.6) is 0 Å². The van der Waals surface area contributed by atoms with Crippen molar-refractivity contribution < 1.29 is 23.9 Å². The fourth-order valence-corrected chi connectivity index (χ4v) is 7.39. The molecule has 0 amide bonds. The van der Waals surface area contributed by atoms with E-state index in [2.05, 4.69) is 53.5 Å². The predicted octanol–water partition coefficient (Wildman–Crippen LogP) is 2.87. The van der Waals surface area contributed by atoms with E-state index in [-0.39, 0.29) is 40.5 Å². The van der Waals surface area contributed by atoms with Crippen molar-refractivity contribution in [3.63, 3.8) is 0 Å². The lowest BCUT2D eigenvalue weighted by Gasteiger charge is -2.38. The Morgan fingerprint density at radius 3 is 2.04 bits per heavy atom. The highest BCUT2D eigenvalue weighted by Gasteiger charge is 2.62. The first-order chi connectivity index (χ1) is 11.9. The van der Waals surface area contributed by atoms with Gasteiger partial charge in [-0.1, -0.05) is 33.9 Å². The topological polar surface area (TPSA) is 76.0 Å². The van der Waals surface area contributed by atoms with Crippen LogP contribution >= 0.6 is 0 Å². The number of hydrogen-bond acceptors (Lipinski definition) is 5. The second-order valence-corrected chi connectivity index (χ2v) is 14.7. The molecule has 0 aromatic heterocycles. The zero-order valence-corrected chi connectivity index (χ0v) is 20.2. The Kier molecular flexibility index (Phi) is 10.6. The molecule has 3 unspecified atom stereocenters. The fraction of sp³-hybridized carbons (Fsp3) is 0.842. The smallest absolute Gasteiger partial charge is 0.330 e. The number of aliphatic hydroxyl groups excluding tert-OH is 2. The van der Waals surface area contributed by atoms with Crippen LogP contribution in [0.4, 0.5) is 0 Å². The Labute approximate surface area is 163 Å². The summed E-state index contributed by atoms with van der Waals surface area (Å²) in [6, 6.07) is 0. The van der Waals surface area contributed by atoms with Gasteiger partial charge in [0.25, 0.3) is 0 Å². The highest BCUT2D eigenvalue weighted by atomic mass is 28.4. The molecular formula is C19H40O5Si2. The molecule has 3 atom stereocenters. The van der Waals surface area contributed by atoms with Crippen LogP contribution in [0.1, 0.15) is 40.0 Å². The van der Waals surface area contributed by atoms with Crippen LogP contribution in [-0.4, -0.2) is 53.6 Å². The molecule has 26 heavy (non-hydrogen) atoms. The molecular weight excluding hydrogens is 364 g/mol. The van der Waals surface area contributed by atoms with Crippen LogP contribution in [0.15, 0.2) is 12.7 Å². The number of rotatable bonds is 5. The molecule has 5 nitrogen and oxygen atoms in total. The van der Waals surface area contributed by atoms with Gasteiger partial charge in [0, 0.05) is 11.5 Å². The van der Waals surface area contributed by atoms with Crippen molar-refractivity contribution in [3.8, 4) is 0 Å². The second kappa shape index (κ2) is 10.8. The molecule has 0 heterocycles. The first-order valence-electron chi connectivity index (χ1n) is 9.58. The van der Waals surface area contributed by atoms with Crippen LogP contribution in [0.3, 0.4) is 0 Å². The van der Waals surface area contributed by atoms with Crippen LogP contribution in [-0.2, 0) is 13.6 Å². The molecule has 0 spiro atoms. The number of esters is 1. The average molecular weight is 405 g/mol. The molecule has 7 heteroatoms. The van der Waals surface area contributed by atoms with Gasteiger partial charge in [-0.25, -0.2) is 4.79 Å². The third-order valence-electron chi connectivity index (χ3n) is 5.82. The Bertz CT molecular complexity index is 446. The van der Waals surface area contributed by atoms with Gasteiger partial charge in [0.05, 0.1) is 13.2 Å². The maximum Gasteiger partial charge on any atom is 0.330 e. The van der Waals surface area contributed by atoms with Crippen LogP contribution in [0, 0.1) is 16.7 Å². The zero-order valence-electron chi connectivity index (χ0n) is 17.8. The van der Waals surface area contributed by atoms with Gasteiger partial charge in [-0.15, -0.1) is 0 Å². The number of aliphatic hydroxyl groups is 2. The molecule has 0 aromatic carbocycles. The van der Waals surface area contributed by atoms with Gasteiger partial charge in [0.1, 0.15) is 15.9 Å². The van der Waals surface area contributed by atoms with E-state index in [0.29, 0.717) is 11.3 Å². The Morgan fingerprint density at radius 1 is 1.27 bits per heavy atom. The van der Waals surface area contributed by atoms with Crippen LogP contribution < -0.4 is 0 Å². The van der Waals surface area contributed by atoms with E-state index in [0.717, 1.165) is 6.42 Å². The first-order valence-corrected chi connectivity index (χ1v) is 15.0. The maximum atomic E-state index is 11.3. The summed E-state index contributed by atoms with van der Waals surface area (Å²) in [6.07, 6.45) is 4.85. The molecule has 0 aliphatic heterocycles. The van der Waals surface area contributed by atoms with Crippen LogP contribution in [0.25, 0.3) is 0 Å². The quantitative estimate of drug-likeness (QED) is 0.419. The molecule has 2 bridgehead atoms. The number of carbonyl (C=O) groups is 1. The molecule has 154 valence electrons. The minimum Gasteiger partial charge on any atom is -0.461 e. The van der Waals surface area contributed by atoms with Crippen molar-refractivity contribution in [1.29, 1.82) is 0 Å². The van der Waals surface area contributed by atoms with Crippen molar-refractivity contribution in [2.24, 2.45) is 16.7 Å². The number of hydrogen-bond donors (Lipinski definition) is 2. The van der Waals surface area contributed by atoms with Crippen molar-refractivity contribution in [1.82, 2.24) is 0 Å². The lowest BCUT2D eigenvalue weighted by Crippen LogP contribution is -2.38. The SMILES string of the molecule is C=CC(=O)OC1CC2CCC1(C)C2(C)C.C[SiH2]O[Si](C)(C)C.OCCO. The van der Waals surface area contributed by atoms with Crippen molar-refractivity contribution in [2.75, 3.05) is 13.2 Å². The van der Waals surface area contributed by atoms with Crippen LogP contribution in [0.2, 0.25) is 26.2 Å². The zero-order chi connectivity index (χ0) is 20.6. The van der Waals surface area contributed by atoms with Gasteiger partial charge in [-0.2, -0.15) is 0 Å². The summed E-state index contributed by atoms with van der Waals surface area (Å²) in [5.74, 6) is 0.440. The Morgan fingerprint density at radius 2 is 1.81 bits per heavy atom. The lowest BCUT2D eigenvalue weighted by molar-refractivity contribution is -0.150. The van der Waals surface area contributed by atoms with Crippen molar-refractivity contribution in [2.45, 2.75) is 72.3 Å². The highest BCUT2D eigenvalue weighted by molar-refractivity contribution is 6.73. The van der Waals surface area contributed by atoms with E-state index < -0.39 is 8.32 Å². The number of ether oxygens (including phenoxy) is 1. The predicted molar refractivity (Wildman–Crippen MR) is 112 cm³/mol. The molecule has 2 fully saturated rings. The average Bonchev–Trinajstić information content (AvgIpc) is 2.88. The second-order valence-electron chi connectivity index (χ2n) is 8.73. The molecule has 2 saturated carbocycles. The van der Waals surface area contributed by atoms with Gasteiger partial charge in [0.2, 0.25) is 0 Å². The molecule has 2 aliphatic carbocycles. The molecule has 0 radical (unpaired) electrons. The van der Waals surface area contributed by atoms with Gasteiger partial charge < -0.3 is 19.1 Å². The van der Waals surface area contributed by atoms with E-state index in [1.54, 1.807) is 0 Å². The molecule has 2 rings (SSSR count). The summed E-state index contributed by atoms with van der Waals surface area (Å²) in [5.41, 5.74) is 0.468. The fourth-order valence-electron chi connectivity index (χ4n) is 3.93. The van der Waals surface area contributed by atoms with Gasteiger partial charge >= 0.3 is 5.97 Å². The van der Waals surface area contributed by atoms with Gasteiger partial charge in [-0.05, 0) is 50.2 Å². The highest BCUT2D eigenvalue weighted by Crippen LogP contribution is 2.66. The largest absolute Gasteiger partial charge is 0.461 e. The Balaban J connectivity index is 0.000000477. The summed E-state index contributed by atoms with van der Waals surface area (Å²) < 4.78 is 11.0. The van der Waals surface area contributed by atoms with Crippen molar-refractivity contribution in [3.05, 3.63) is 12.7 Å². The molecule has 0 aromatic rings. The summed E-state index contributed by atoms with van der Waals surface area (Å²) >= 11 is 0. The van der Waals surface area contributed by atoms with Gasteiger partial charge in [0.15, 0.2) is 8.32 Å². The molecule has 2 N–H and O–H groups in total. The number of fused-ring (bicyclic) bond motifs is 2. The first kappa shape index (κ1) is 25.5. The van der Waals surface area contributed by atoms with E-state index in [4.69, 9.17) is 19.1 Å². The van der Waals surface area contributed by atoms with E-state index in [1.807, 2.05) is 0 Å². The van der Waals surface area contributed by atoms with E-state index >= 15 is 0 Å². The van der Waals surface area contributed by atoms with Gasteiger partial charge in [-0.3, -0.25) is 0 Å². The van der Waals surface area contributed by atoms with E-state index in [1.165, 1.54) is 18.9 Å². The third-order valence-corrected chi connectivity index (χ3v) is 10.4. The Hall–Kier alpha value is -0.476. The minimum atomic E-state index is -1.10. The molecule has 2 aliphatic rings. The summed E-state index contributed by atoms with van der Waals surface area (Å²) in [4.78, 5) is 11.3. The third kappa shape index (κ3) is 6.92. The number of carbonyl (C=O) groups excluding carboxylic acids is 1. The lowest BCUT2D eigenvalue weighted by atomic mass is 9.70. The summed E-state index contributed by atoms with van der Waals surface area (Å²) in [6.45, 7) is 18.9. The summed E-state index contributed by atoms with van der Waals surface area (Å²) in [5, 5.41) is 15.2.